The molecule has 24 heavy (non-hydrogen) atoms. The second-order valence-electron chi connectivity index (χ2n) is 6.76. The third-order valence-corrected chi connectivity index (χ3v) is 3.69. The van der Waals surface area contributed by atoms with Gasteiger partial charge in [0.05, 0.1) is 24.0 Å². The second kappa shape index (κ2) is 8.78. The Morgan fingerprint density at radius 3 is 2.54 bits per heavy atom. The summed E-state index contributed by atoms with van der Waals surface area (Å²) >= 11 is 0. The van der Waals surface area contributed by atoms with E-state index in [9.17, 15) is 4.79 Å². The summed E-state index contributed by atoms with van der Waals surface area (Å²) in [5, 5.41) is 0. The largest absolute Gasteiger partial charge is 0.444 e. The molecule has 0 aromatic heterocycles. The first kappa shape index (κ1) is 20.1. The summed E-state index contributed by atoms with van der Waals surface area (Å²) in [6, 6.07) is -0.100. The van der Waals surface area contributed by atoms with E-state index in [0.717, 1.165) is 5.70 Å². The van der Waals surface area contributed by atoms with Crippen LogP contribution in [0.5, 0.6) is 0 Å². The molecule has 0 spiro atoms. The van der Waals surface area contributed by atoms with Crippen molar-refractivity contribution in [1.82, 2.24) is 9.80 Å². The predicted octanol–water partition coefficient (Wildman–Crippen LogP) is 2.49. The van der Waals surface area contributed by atoms with Gasteiger partial charge in [-0.15, -0.1) is 0 Å². The standard InChI is InChI=1S/C18H31N3O3/c1-7-9-16(15(19)8-2)20-10-11-21(14(12-20)13-23-6)17(22)24-18(3,4)5/h7-9,14H,1,10-13,19H2,2-6H3/b15-8+,16-9+/t14-/m1/s1. The van der Waals surface area contributed by atoms with E-state index in [0.29, 0.717) is 31.9 Å². The van der Waals surface area contributed by atoms with Gasteiger partial charge in [-0.25, -0.2) is 4.79 Å². The number of hydrogen-bond donors (Lipinski definition) is 1. The first-order valence-corrected chi connectivity index (χ1v) is 8.21. The van der Waals surface area contributed by atoms with Gasteiger partial charge in [-0.1, -0.05) is 18.7 Å². The van der Waals surface area contributed by atoms with Crippen molar-refractivity contribution in [2.75, 3.05) is 33.4 Å². The molecule has 0 radical (unpaired) electrons. The van der Waals surface area contributed by atoms with E-state index in [1.807, 2.05) is 39.8 Å². The molecule has 6 heteroatoms. The molecular weight excluding hydrogens is 306 g/mol. The smallest absolute Gasteiger partial charge is 0.410 e. The number of carbonyl (C=O) groups is 1. The van der Waals surface area contributed by atoms with E-state index in [2.05, 4.69) is 11.5 Å². The SMILES string of the molecule is C=C/C=C(\C(N)=C/C)N1CCN(C(=O)OC(C)(C)C)[C@@H](COC)C1. The molecule has 0 bridgehead atoms. The van der Waals surface area contributed by atoms with Crippen LogP contribution >= 0.6 is 0 Å². The normalized spacial score (nSPS) is 20.1. The Morgan fingerprint density at radius 1 is 1.38 bits per heavy atom. The Balaban J connectivity index is 2.93. The quantitative estimate of drug-likeness (QED) is 0.781. The molecule has 0 aromatic carbocycles. The zero-order valence-corrected chi connectivity index (χ0v) is 15.5. The second-order valence-corrected chi connectivity index (χ2v) is 6.76. The lowest BCUT2D eigenvalue weighted by atomic mass is 10.1. The summed E-state index contributed by atoms with van der Waals surface area (Å²) in [5.74, 6) is 0. The Kier molecular flexibility index (Phi) is 7.35. The maximum Gasteiger partial charge on any atom is 0.410 e. The topological polar surface area (TPSA) is 68.0 Å². The van der Waals surface area contributed by atoms with Crippen molar-refractivity contribution < 1.29 is 14.3 Å². The Hall–Kier alpha value is -1.95. The van der Waals surface area contributed by atoms with Crippen LogP contribution in [-0.2, 0) is 9.47 Å². The Morgan fingerprint density at radius 2 is 2.04 bits per heavy atom. The van der Waals surface area contributed by atoms with E-state index in [4.69, 9.17) is 15.2 Å². The van der Waals surface area contributed by atoms with Crippen LogP contribution in [0.2, 0.25) is 0 Å². The summed E-state index contributed by atoms with van der Waals surface area (Å²) in [7, 11) is 1.63. The van der Waals surface area contributed by atoms with E-state index in [1.165, 1.54) is 0 Å². The van der Waals surface area contributed by atoms with E-state index >= 15 is 0 Å². The fraction of sp³-hybridized carbons (Fsp3) is 0.611. The Labute approximate surface area is 145 Å². The summed E-state index contributed by atoms with van der Waals surface area (Å²) in [6.45, 7) is 13.5. The minimum Gasteiger partial charge on any atom is -0.444 e. The molecule has 0 aliphatic carbocycles. The van der Waals surface area contributed by atoms with Gasteiger partial charge in [0.1, 0.15) is 5.60 Å². The van der Waals surface area contributed by atoms with Crippen molar-refractivity contribution in [3.8, 4) is 0 Å². The lowest BCUT2D eigenvalue weighted by Gasteiger charge is -2.43. The predicted molar refractivity (Wildman–Crippen MR) is 96.4 cm³/mol. The lowest BCUT2D eigenvalue weighted by Crippen LogP contribution is -2.57. The van der Waals surface area contributed by atoms with Crippen LogP contribution in [0.1, 0.15) is 27.7 Å². The molecule has 1 rings (SSSR count). The minimum atomic E-state index is -0.519. The maximum absolute atomic E-state index is 12.5. The summed E-state index contributed by atoms with van der Waals surface area (Å²) in [6.07, 6.45) is 5.16. The fourth-order valence-corrected chi connectivity index (χ4v) is 2.61. The highest BCUT2D eigenvalue weighted by Gasteiger charge is 2.34. The first-order chi connectivity index (χ1) is 11.2. The van der Waals surface area contributed by atoms with Gasteiger partial charge in [0.25, 0.3) is 0 Å². The van der Waals surface area contributed by atoms with Crippen molar-refractivity contribution in [1.29, 1.82) is 0 Å². The molecular formula is C18H31N3O3. The molecule has 1 atom stereocenters. The van der Waals surface area contributed by atoms with Crippen molar-refractivity contribution in [2.24, 2.45) is 5.73 Å². The number of nitrogens with two attached hydrogens (primary N) is 1. The summed E-state index contributed by atoms with van der Waals surface area (Å²) in [4.78, 5) is 16.3. The average molecular weight is 337 g/mol. The van der Waals surface area contributed by atoms with Crippen LogP contribution in [0.25, 0.3) is 0 Å². The highest BCUT2D eigenvalue weighted by atomic mass is 16.6. The van der Waals surface area contributed by atoms with Crippen molar-refractivity contribution in [3.63, 3.8) is 0 Å². The van der Waals surface area contributed by atoms with Crippen molar-refractivity contribution >= 4 is 6.09 Å². The number of piperazine rings is 1. The monoisotopic (exact) mass is 337 g/mol. The average Bonchev–Trinajstić information content (AvgIpc) is 2.50. The van der Waals surface area contributed by atoms with Crippen molar-refractivity contribution in [2.45, 2.75) is 39.3 Å². The van der Waals surface area contributed by atoms with Crippen LogP contribution in [0, 0.1) is 0 Å². The number of nitrogens with zero attached hydrogens (tertiary/aromatic N) is 2. The van der Waals surface area contributed by atoms with Crippen LogP contribution in [0.4, 0.5) is 4.79 Å². The highest BCUT2D eigenvalue weighted by molar-refractivity contribution is 5.68. The molecule has 1 amide bonds. The molecule has 0 aromatic rings. The summed E-state index contributed by atoms with van der Waals surface area (Å²) in [5.41, 5.74) is 7.19. The lowest BCUT2D eigenvalue weighted by molar-refractivity contribution is -0.0114. The number of rotatable bonds is 5. The van der Waals surface area contributed by atoms with Gasteiger partial charge >= 0.3 is 6.09 Å². The third-order valence-electron chi connectivity index (χ3n) is 3.69. The van der Waals surface area contributed by atoms with Gasteiger partial charge in [-0.3, -0.25) is 4.90 Å². The van der Waals surface area contributed by atoms with Gasteiger partial charge in [0.2, 0.25) is 0 Å². The molecule has 2 N–H and O–H groups in total. The zero-order chi connectivity index (χ0) is 18.3. The zero-order valence-electron chi connectivity index (χ0n) is 15.5. The van der Waals surface area contributed by atoms with Gasteiger partial charge in [0, 0.05) is 26.7 Å². The van der Waals surface area contributed by atoms with Gasteiger partial charge in [-0.2, -0.15) is 0 Å². The minimum absolute atomic E-state index is 0.100. The number of amides is 1. The van der Waals surface area contributed by atoms with Crippen LogP contribution in [0.3, 0.4) is 0 Å². The number of carbonyl (C=O) groups excluding carboxylic acids is 1. The molecule has 1 fully saturated rings. The third kappa shape index (κ3) is 5.60. The van der Waals surface area contributed by atoms with Gasteiger partial charge in [-0.05, 0) is 33.8 Å². The van der Waals surface area contributed by atoms with Crippen LogP contribution in [0.15, 0.2) is 36.2 Å². The molecule has 0 unspecified atom stereocenters. The number of hydrogen-bond acceptors (Lipinski definition) is 5. The molecule has 1 saturated heterocycles. The van der Waals surface area contributed by atoms with Crippen molar-refractivity contribution in [3.05, 3.63) is 36.2 Å². The Bertz CT molecular complexity index is 506. The van der Waals surface area contributed by atoms with Crippen LogP contribution < -0.4 is 5.73 Å². The molecule has 136 valence electrons. The first-order valence-electron chi connectivity index (χ1n) is 8.21. The molecule has 0 saturated carbocycles. The molecule has 1 aliphatic rings. The maximum atomic E-state index is 12.5. The fourth-order valence-electron chi connectivity index (χ4n) is 2.61. The van der Waals surface area contributed by atoms with E-state index < -0.39 is 5.60 Å². The molecule has 1 heterocycles. The highest BCUT2D eigenvalue weighted by Crippen LogP contribution is 2.21. The number of methoxy groups -OCH3 is 1. The molecule has 6 nitrogen and oxygen atoms in total. The van der Waals surface area contributed by atoms with E-state index in [-0.39, 0.29) is 12.1 Å². The number of allylic oxidation sites excluding steroid dienone is 3. The van der Waals surface area contributed by atoms with Gasteiger partial charge in [0.15, 0.2) is 0 Å². The van der Waals surface area contributed by atoms with Crippen LogP contribution in [-0.4, -0.2) is 60.9 Å². The van der Waals surface area contributed by atoms with E-state index in [1.54, 1.807) is 18.1 Å². The summed E-state index contributed by atoms with van der Waals surface area (Å²) < 4.78 is 10.8. The molecule has 1 aliphatic heterocycles. The number of ether oxygens (including phenoxy) is 2. The van der Waals surface area contributed by atoms with Gasteiger partial charge < -0.3 is 20.1 Å².